The Morgan fingerprint density at radius 1 is 1.00 bits per heavy atom. The van der Waals surface area contributed by atoms with Crippen molar-refractivity contribution in [1.29, 1.82) is 0 Å². The Labute approximate surface area is 213 Å². The number of Topliss-reactive ketones (excluding diaryl/α,β-unsaturated/α-hetero) is 1. The van der Waals surface area contributed by atoms with Gasteiger partial charge in [0.2, 0.25) is 0 Å². The largest absolute Gasteiger partial charge is 0.503 e. The Balaban J connectivity index is 0.000000747. The predicted molar refractivity (Wildman–Crippen MR) is 139 cm³/mol. The summed E-state index contributed by atoms with van der Waals surface area (Å²) < 4.78 is 7.09. The molecular weight excluding hydrogens is 474 g/mol. The summed E-state index contributed by atoms with van der Waals surface area (Å²) in [7, 11) is 1.75. The van der Waals surface area contributed by atoms with Crippen molar-refractivity contribution in [3.8, 4) is 22.4 Å². The molecular formula is C27H29N5O5. The number of hydrogen-bond donors (Lipinski definition) is 3. The third-order valence-electron chi connectivity index (χ3n) is 6.60. The van der Waals surface area contributed by atoms with Gasteiger partial charge in [-0.05, 0) is 38.7 Å². The maximum Gasteiger partial charge on any atom is 0.503 e. The molecule has 0 amide bonds. The van der Waals surface area contributed by atoms with Crippen LogP contribution in [0.4, 0.5) is 10.6 Å². The predicted octanol–water partition coefficient (Wildman–Crippen LogP) is 5.14. The number of anilines is 1. The molecule has 0 radical (unpaired) electrons. The zero-order chi connectivity index (χ0) is 26.5. The highest BCUT2D eigenvalue weighted by molar-refractivity contribution is 6.00. The van der Waals surface area contributed by atoms with E-state index in [1.165, 1.54) is 0 Å². The molecule has 4 aromatic rings. The van der Waals surface area contributed by atoms with Crippen LogP contribution in [0.3, 0.4) is 0 Å². The minimum Gasteiger partial charge on any atom is -0.450 e. The molecule has 5 rings (SSSR count). The third kappa shape index (κ3) is 5.59. The summed E-state index contributed by atoms with van der Waals surface area (Å²) in [6.45, 7) is 1.54. The van der Waals surface area contributed by atoms with Crippen molar-refractivity contribution in [2.75, 3.05) is 12.8 Å². The molecule has 1 aliphatic carbocycles. The molecule has 0 spiro atoms. The zero-order valence-electron chi connectivity index (χ0n) is 20.7. The maximum atomic E-state index is 12.5. The van der Waals surface area contributed by atoms with Crippen LogP contribution in [0.5, 0.6) is 0 Å². The molecule has 0 aliphatic heterocycles. The standard InChI is InChI=1S/C26H27N5O2.CH2O3/c1-16(32)23-24(18-8-11-20(33-2)12-9-18)30-26-21(15-29-31(26)25(23)27)19-10-13-22(28-14-19)17-6-4-3-5-7-17;2-1(3)4/h3-7,10,13-15,18,20H,8-9,11-12,27H2,1-2H3;(H2,2,3,4). The van der Waals surface area contributed by atoms with Crippen LogP contribution in [0.25, 0.3) is 28.0 Å². The molecule has 3 heterocycles. The van der Waals surface area contributed by atoms with Gasteiger partial charge in [-0.15, -0.1) is 0 Å². The van der Waals surface area contributed by atoms with Gasteiger partial charge in [-0.25, -0.2) is 9.78 Å². The number of carbonyl (C=O) groups excluding carboxylic acids is 1. The molecule has 0 saturated heterocycles. The van der Waals surface area contributed by atoms with E-state index in [2.05, 4.69) is 10.1 Å². The highest BCUT2D eigenvalue weighted by Crippen LogP contribution is 2.37. The first-order valence-corrected chi connectivity index (χ1v) is 11.9. The summed E-state index contributed by atoms with van der Waals surface area (Å²) in [6.07, 6.45) is 5.73. The van der Waals surface area contributed by atoms with Gasteiger partial charge < -0.3 is 20.7 Å². The number of nitrogens with two attached hydrogens (primary N) is 1. The van der Waals surface area contributed by atoms with Gasteiger partial charge in [-0.3, -0.25) is 9.78 Å². The fourth-order valence-electron chi connectivity index (χ4n) is 4.80. The normalized spacial score (nSPS) is 17.1. The van der Waals surface area contributed by atoms with Crippen LogP contribution >= 0.6 is 0 Å². The minimum absolute atomic E-state index is 0.0864. The van der Waals surface area contributed by atoms with Crippen molar-refractivity contribution in [2.45, 2.75) is 44.6 Å². The summed E-state index contributed by atoms with van der Waals surface area (Å²) in [6, 6.07) is 14.1. The van der Waals surface area contributed by atoms with E-state index in [4.69, 9.17) is 30.5 Å². The van der Waals surface area contributed by atoms with Crippen LogP contribution in [-0.4, -0.2) is 54.9 Å². The molecule has 0 atom stereocenters. The minimum atomic E-state index is -1.83. The number of nitrogen functional groups attached to an aromatic ring is 1. The van der Waals surface area contributed by atoms with Crippen LogP contribution < -0.4 is 5.73 Å². The van der Waals surface area contributed by atoms with E-state index in [0.717, 1.165) is 53.8 Å². The fourth-order valence-corrected chi connectivity index (χ4v) is 4.80. The Morgan fingerprint density at radius 3 is 2.24 bits per heavy atom. The fraction of sp³-hybridized carbons (Fsp3) is 0.296. The van der Waals surface area contributed by atoms with E-state index < -0.39 is 6.16 Å². The summed E-state index contributed by atoms with van der Waals surface area (Å²) in [5, 5.41) is 18.4. The first-order valence-electron chi connectivity index (χ1n) is 11.9. The summed E-state index contributed by atoms with van der Waals surface area (Å²) in [5.74, 6) is 0.428. The van der Waals surface area contributed by atoms with E-state index in [0.29, 0.717) is 17.0 Å². The number of aromatic nitrogens is 4. The van der Waals surface area contributed by atoms with E-state index in [1.54, 1.807) is 24.7 Å². The third-order valence-corrected chi connectivity index (χ3v) is 6.60. The number of rotatable bonds is 5. The van der Waals surface area contributed by atoms with Crippen LogP contribution in [0.2, 0.25) is 0 Å². The average Bonchev–Trinajstić information content (AvgIpc) is 3.33. The molecule has 4 N–H and O–H groups in total. The monoisotopic (exact) mass is 503 g/mol. The van der Waals surface area contributed by atoms with Crippen LogP contribution in [0.1, 0.15) is 54.6 Å². The number of carbonyl (C=O) groups is 2. The van der Waals surface area contributed by atoms with Crippen molar-refractivity contribution in [3.63, 3.8) is 0 Å². The molecule has 0 unspecified atom stereocenters. The topological polar surface area (TPSA) is 153 Å². The summed E-state index contributed by atoms with van der Waals surface area (Å²) in [5.41, 5.74) is 12.1. The van der Waals surface area contributed by atoms with E-state index in [9.17, 15) is 4.79 Å². The number of ketones is 1. The summed E-state index contributed by atoms with van der Waals surface area (Å²) in [4.78, 5) is 30.7. The Bertz CT molecular complexity index is 1390. The quantitative estimate of drug-likeness (QED) is 0.314. The SMILES string of the molecule is COC1CCC(c2nc3c(-c4ccc(-c5ccccc5)nc4)cnn3c(N)c2C(C)=O)CC1.O=C(O)O. The van der Waals surface area contributed by atoms with Gasteiger partial charge in [0.25, 0.3) is 0 Å². The molecule has 192 valence electrons. The number of ether oxygens (including phenoxy) is 1. The van der Waals surface area contributed by atoms with E-state index in [1.807, 2.05) is 48.7 Å². The lowest BCUT2D eigenvalue weighted by Gasteiger charge is -2.28. The van der Waals surface area contributed by atoms with Crippen molar-refractivity contribution >= 4 is 23.4 Å². The molecule has 1 saturated carbocycles. The maximum absolute atomic E-state index is 12.5. The van der Waals surface area contributed by atoms with E-state index >= 15 is 0 Å². The lowest BCUT2D eigenvalue weighted by atomic mass is 9.83. The second kappa shape index (κ2) is 11.2. The molecule has 3 aromatic heterocycles. The van der Waals surface area contributed by atoms with Gasteiger partial charge in [0.05, 0.1) is 29.3 Å². The number of nitrogens with zero attached hydrogens (tertiary/aromatic N) is 4. The van der Waals surface area contributed by atoms with Crippen molar-refractivity contribution in [2.24, 2.45) is 0 Å². The second-order valence-corrected chi connectivity index (χ2v) is 8.90. The molecule has 37 heavy (non-hydrogen) atoms. The average molecular weight is 504 g/mol. The van der Waals surface area contributed by atoms with Gasteiger partial charge in [-0.2, -0.15) is 9.61 Å². The van der Waals surface area contributed by atoms with Gasteiger partial charge in [0, 0.05) is 35.9 Å². The first kappa shape index (κ1) is 25.8. The Morgan fingerprint density at radius 2 is 1.68 bits per heavy atom. The van der Waals surface area contributed by atoms with Crippen LogP contribution in [-0.2, 0) is 4.74 Å². The van der Waals surface area contributed by atoms with Crippen LogP contribution in [0, 0.1) is 0 Å². The number of hydrogen-bond acceptors (Lipinski definition) is 7. The zero-order valence-corrected chi connectivity index (χ0v) is 20.7. The highest BCUT2D eigenvalue weighted by Gasteiger charge is 2.29. The van der Waals surface area contributed by atoms with Crippen molar-refractivity contribution in [3.05, 3.63) is 66.1 Å². The first-order chi connectivity index (χ1) is 17.8. The second-order valence-electron chi connectivity index (χ2n) is 8.90. The molecule has 1 aromatic carbocycles. The van der Waals surface area contributed by atoms with Gasteiger partial charge >= 0.3 is 6.16 Å². The Kier molecular flexibility index (Phi) is 7.78. The molecule has 1 fully saturated rings. The van der Waals surface area contributed by atoms with Gasteiger partial charge in [0.1, 0.15) is 5.82 Å². The lowest BCUT2D eigenvalue weighted by Crippen LogP contribution is -2.22. The van der Waals surface area contributed by atoms with E-state index in [-0.39, 0.29) is 17.8 Å². The summed E-state index contributed by atoms with van der Waals surface area (Å²) >= 11 is 0. The molecule has 1 aliphatic rings. The number of benzene rings is 1. The number of fused-ring (bicyclic) bond motifs is 1. The molecule has 10 heteroatoms. The van der Waals surface area contributed by atoms with Crippen molar-refractivity contribution < 1.29 is 24.5 Å². The lowest BCUT2D eigenvalue weighted by molar-refractivity contribution is 0.0654. The van der Waals surface area contributed by atoms with Crippen molar-refractivity contribution in [1.82, 2.24) is 19.6 Å². The number of carboxylic acid groups (broad SMARTS) is 2. The Hall–Kier alpha value is -4.31. The van der Waals surface area contributed by atoms with Gasteiger partial charge in [-0.1, -0.05) is 36.4 Å². The van der Waals surface area contributed by atoms with Gasteiger partial charge in [0.15, 0.2) is 11.4 Å². The smallest absolute Gasteiger partial charge is 0.450 e. The number of pyridine rings is 1. The molecule has 10 nitrogen and oxygen atoms in total. The van der Waals surface area contributed by atoms with Crippen LogP contribution in [0.15, 0.2) is 54.9 Å². The number of methoxy groups -OCH3 is 1. The highest BCUT2D eigenvalue weighted by atomic mass is 16.6. The molecule has 0 bridgehead atoms.